The predicted octanol–water partition coefficient (Wildman–Crippen LogP) is 5.26. The summed E-state index contributed by atoms with van der Waals surface area (Å²) >= 11 is 0. The van der Waals surface area contributed by atoms with Crippen molar-refractivity contribution in [3.63, 3.8) is 0 Å². The van der Waals surface area contributed by atoms with E-state index in [2.05, 4.69) is 59.0 Å². The third-order valence-corrected chi connectivity index (χ3v) is 7.06. The van der Waals surface area contributed by atoms with Gasteiger partial charge >= 0.3 is 0 Å². The quantitative estimate of drug-likeness (QED) is 0.585. The topological polar surface area (TPSA) is 48.5 Å². The van der Waals surface area contributed by atoms with E-state index >= 15 is 0 Å². The zero-order valence-corrected chi connectivity index (χ0v) is 20.0. The maximum absolute atomic E-state index is 14.1. The van der Waals surface area contributed by atoms with Crippen molar-refractivity contribution in [1.29, 1.82) is 0 Å². The number of allylic oxidation sites excluding steroid dienone is 2. The van der Waals surface area contributed by atoms with E-state index < -0.39 is 5.67 Å². The molecule has 176 valence electrons. The number of pyridine rings is 1. The molecule has 2 fully saturated rings. The van der Waals surface area contributed by atoms with E-state index in [4.69, 9.17) is 0 Å². The van der Waals surface area contributed by atoms with Gasteiger partial charge in [-0.2, -0.15) is 0 Å². The number of carbonyl (C=O) groups is 1. The fraction of sp³-hybridized carbons (Fsp3) is 0.481. The Morgan fingerprint density at radius 1 is 1.27 bits per heavy atom. The van der Waals surface area contributed by atoms with Crippen LogP contribution < -0.4 is 5.32 Å². The van der Waals surface area contributed by atoms with E-state index in [9.17, 15) is 9.18 Å². The van der Waals surface area contributed by atoms with Gasteiger partial charge in [-0.1, -0.05) is 24.8 Å². The summed E-state index contributed by atoms with van der Waals surface area (Å²) in [5.41, 5.74) is 2.31. The lowest BCUT2D eigenvalue weighted by Crippen LogP contribution is -2.40. The van der Waals surface area contributed by atoms with Gasteiger partial charge in [-0.05, 0) is 75.2 Å². The lowest BCUT2D eigenvalue weighted by Gasteiger charge is -2.34. The number of amides is 1. The highest BCUT2D eigenvalue weighted by Gasteiger charge is 2.33. The Balaban J connectivity index is 1.57. The fourth-order valence-electron chi connectivity index (χ4n) is 4.71. The molecule has 0 bridgehead atoms. The summed E-state index contributed by atoms with van der Waals surface area (Å²) in [5, 5.41) is 4.98. The number of hydrogen-bond acceptors (Lipinski definition) is 4. The zero-order valence-electron chi connectivity index (χ0n) is 20.0. The Labute approximate surface area is 196 Å². The predicted molar refractivity (Wildman–Crippen MR) is 134 cm³/mol. The van der Waals surface area contributed by atoms with Crippen LogP contribution in [0.15, 0.2) is 48.8 Å². The Morgan fingerprint density at radius 3 is 2.61 bits per heavy atom. The third-order valence-electron chi connectivity index (χ3n) is 7.06. The average Bonchev–Trinajstić information content (AvgIpc) is 2.74. The number of likely N-dealkylation sites (N-methyl/N-ethyl adjacent to an activating group) is 1. The first-order valence-corrected chi connectivity index (χ1v) is 11.9. The highest BCUT2D eigenvalue weighted by Crippen LogP contribution is 2.35. The van der Waals surface area contributed by atoms with Gasteiger partial charge in [0, 0.05) is 49.4 Å². The first kappa shape index (κ1) is 23.4. The molecule has 1 aliphatic heterocycles. The van der Waals surface area contributed by atoms with Gasteiger partial charge in [0.15, 0.2) is 0 Å². The number of fused-ring (bicyclic) bond motifs is 1. The Hall–Kier alpha value is -2.73. The van der Waals surface area contributed by atoms with E-state index in [-0.39, 0.29) is 11.8 Å². The average molecular weight is 451 g/mol. The van der Waals surface area contributed by atoms with Crippen LogP contribution in [0.5, 0.6) is 0 Å². The van der Waals surface area contributed by atoms with Crippen LogP contribution in [0.3, 0.4) is 0 Å². The lowest BCUT2D eigenvalue weighted by molar-refractivity contribution is -0.121. The van der Waals surface area contributed by atoms with Gasteiger partial charge in [0.1, 0.15) is 11.5 Å². The summed E-state index contributed by atoms with van der Waals surface area (Å²) in [4.78, 5) is 21.8. The molecule has 2 aromatic rings. The molecular weight excluding hydrogens is 415 g/mol. The Kier molecular flexibility index (Phi) is 6.84. The SMILES string of the molecule is C=C/C(=C(/CN1CCC1)N(C)C)c1ccc2cnc(NC(=O)C3CCC(C)(F)CC3)cc2c1. The van der Waals surface area contributed by atoms with Crippen LogP contribution in [0, 0.1) is 5.92 Å². The van der Waals surface area contributed by atoms with Gasteiger partial charge < -0.3 is 10.2 Å². The minimum atomic E-state index is -1.15. The number of carbonyl (C=O) groups excluding carboxylic acids is 1. The highest BCUT2D eigenvalue weighted by atomic mass is 19.1. The van der Waals surface area contributed by atoms with Gasteiger partial charge in [-0.25, -0.2) is 9.37 Å². The molecule has 2 heterocycles. The molecule has 0 atom stereocenters. The van der Waals surface area contributed by atoms with Crippen LogP contribution in [-0.4, -0.2) is 60.1 Å². The molecule has 1 aromatic carbocycles. The molecule has 2 aliphatic rings. The van der Waals surface area contributed by atoms with Crippen molar-refractivity contribution in [3.05, 3.63) is 54.4 Å². The Bertz CT molecular complexity index is 1060. The summed E-state index contributed by atoms with van der Waals surface area (Å²) in [7, 11) is 4.15. The third kappa shape index (κ3) is 5.44. The van der Waals surface area contributed by atoms with Gasteiger partial charge in [-0.3, -0.25) is 9.69 Å². The maximum Gasteiger partial charge on any atom is 0.228 e. The standard InChI is InChI=1S/C27H35FN4O/c1-5-23(24(31(3)4)18-32-13-6-14-32)20-7-8-21-17-29-25(16-22(21)15-20)30-26(33)19-9-11-27(2,28)12-10-19/h5,7-8,15-17,19H,1,6,9-14,18H2,2-4H3,(H,29,30,33)/b24-23+. The second kappa shape index (κ2) is 9.64. The number of nitrogens with zero attached hydrogens (tertiary/aromatic N) is 3. The number of rotatable bonds is 7. The molecule has 33 heavy (non-hydrogen) atoms. The number of halogens is 1. The molecule has 1 N–H and O–H groups in total. The fourth-order valence-corrected chi connectivity index (χ4v) is 4.71. The number of hydrogen-bond donors (Lipinski definition) is 1. The highest BCUT2D eigenvalue weighted by molar-refractivity contribution is 5.95. The van der Waals surface area contributed by atoms with Crippen LogP contribution in [0.1, 0.15) is 44.6 Å². The van der Waals surface area contributed by atoms with Gasteiger partial charge in [0.2, 0.25) is 5.91 Å². The van der Waals surface area contributed by atoms with E-state index in [0.29, 0.717) is 31.5 Å². The molecule has 1 amide bonds. The van der Waals surface area contributed by atoms with E-state index in [1.165, 1.54) is 12.1 Å². The zero-order chi connectivity index (χ0) is 23.6. The number of likely N-dealkylation sites (tertiary alicyclic amines) is 1. The van der Waals surface area contributed by atoms with Crippen molar-refractivity contribution in [2.24, 2.45) is 5.92 Å². The smallest absolute Gasteiger partial charge is 0.228 e. The van der Waals surface area contributed by atoms with Crippen molar-refractivity contribution in [2.45, 2.75) is 44.7 Å². The van der Waals surface area contributed by atoms with Crippen LogP contribution in [0.4, 0.5) is 10.2 Å². The molecule has 4 rings (SSSR count). The number of alkyl halides is 1. The molecule has 0 unspecified atom stereocenters. The maximum atomic E-state index is 14.1. The largest absolute Gasteiger partial charge is 0.379 e. The minimum Gasteiger partial charge on any atom is -0.379 e. The molecule has 5 nitrogen and oxygen atoms in total. The number of aromatic nitrogens is 1. The number of benzene rings is 1. The summed E-state index contributed by atoms with van der Waals surface area (Å²) in [5.74, 6) is 0.317. The summed E-state index contributed by atoms with van der Waals surface area (Å²) in [6.07, 6.45) is 7.00. The van der Waals surface area contributed by atoms with Crippen LogP contribution in [0.25, 0.3) is 16.3 Å². The minimum absolute atomic E-state index is 0.0652. The molecule has 0 radical (unpaired) electrons. The lowest BCUT2D eigenvalue weighted by atomic mass is 9.80. The summed E-state index contributed by atoms with van der Waals surface area (Å²) in [6.45, 7) is 8.90. The monoisotopic (exact) mass is 450 g/mol. The van der Waals surface area contributed by atoms with Crippen LogP contribution in [0.2, 0.25) is 0 Å². The molecule has 1 saturated heterocycles. The molecule has 6 heteroatoms. The van der Waals surface area contributed by atoms with Crippen molar-refractivity contribution >= 4 is 28.1 Å². The van der Waals surface area contributed by atoms with Gasteiger partial charge in [0.05, 0.1) is 0 Å². The van der Waals surface area contributed by atoms with E-state index in [1.807, 2.05) is 12.1 Å². The summed E-state index contributed by atoms with van der Waals surface area (Å²) < 4.78 is 14.1. The van der Waals surface area contributed by atoms with Crippen LogP contribution >= 0.6 is 0 Å². The van der Waals surface area contributed by atoms with Crippen molar-refractivity contribution < 1.29 is 9.18 Å². The molecule has 0 spiro atoms. The Morgan fingerprint density at radius 2 is 2.00 bits per heavy atom. The van der Waals surface area contributed by atoms with Crippen LogP contribution in [-0.2, 0) is 4.79 Å². The van der Waals surface area contributed by atoms with Gasteiger partial charge in [0.25, 0.3) is 0 Å². The first-order chi connectivity index (χ1) is 15.8. The van der Waals surface area contributed by atoms with Crippen molar-refractivity contribution in [1.82, 2.24) is 14.8 Å². The molecular formula is C27H35FN4O. The second-order valence-corrected chi connectivity index (χ2v) is 9.90. The first-order valence-electron chi connectivity index (χ1n) is 11.9. The number of anilines is 1. The second-order valence-electron chi connectivity index (χ2n) is 9.90. The van der Waals surface area contributed by atoms with Gasteiger partial charge in [-0.15, -0.1) is 0 Å². The summed E-state index contributed by atoms with van der Waals surface area (Å²) in [6, 6.07) is 8.23. The molecule has 1 aromatic heterocycles. The van der Waals surface area contributed by atoms with E-state index in [0.717, 1.165) is 41.5 Å². The molecule has 1 aliphatic carbocycles. The number of nitrogens with one attached hydrogen (secondary N) is 1. The van der Waals surface area contributed by atoms with Crippen molar-refractivity contribution in [2.75, 3.05) is 39.0 Å². The van der Waals surface area contributed by atoms with E-state index in [1.54, 1.807) is 13.1 Å². The normalized spacial score (nSPS) is 24.1. The molecule has 1 saturated carbocycles. The van der Waals surface area contributed by atoms with Crippen molar-refractivity contribution in [3.8, 4) is 0 Å².